The molecule has 0 aliphatic heterocycles. The molecular weight excluding hydrogens is 244 g/mol. The first-order chi connectivity index (χ1) is 8.63. The van der Waals surface area contributed by atoms with E-state index in [-0.39, 0.29) is 6.04 Å². The molecule has 2 aromatic rings. The van der Waals surface area contributed by atoms with Crippen molar-refractivity contribution in [2.75, 3.05) is 0 Å². The molecule has 98 valence electrons. The number of hydrogen-bond acceptors (Lipinski definition) is 4. The first-order valence-electron chi connectivity index (χ1n) is 6.18. The van der Waals surface area contributed by atoms with Crippen molar-refractivity contribution in [1.82, 2.24) is 15.2 Å². The summed E-state index contributed by atoms with van der Waals surface area (Å²) in [5.74, 6) is 5.69. The quantitative estimate of drug-likeness (QED) is 0.642. The number of aryl methyl sites for hydroxylation is 3. The van der Waals surface area contributed by atoms with E-state index in [2.05, 4.69) is 35.6 Å². The molecule has 0 spiro atoms. The number of hydrazine groups is 1. The van der Waals surface area contributed by atoms with Gasteiger partial charge in [0.1, 0.15) is 0 Å². The van der Waals surface area contributed by atoms with E-state index < -0.39 is 0 Å². The van der Waals surface area contributed by atoms with Crippen molar-refractivity contribution in [1.29, 1.82) is 0 Å². The number of nitrogens with zero attached hydrogens (tertiary/aromatic N) is 2. The minimum Gasteiger partial charge on any atom is -0.272 e. The van der Waals surface area contributed by atoms with Crippen molar-refractivity contribution in [3.8, 4) is 0 Å². The SMILES string of the molecule is CCc1ccc(C(Cc2cc(C)nn2C)NN)s1. The molecule has 4 nitrogen and oxygen atoms in total. The maximum absolute atomic E-state index is 5.69. The molecule has 0 bridgehead atoms. The van der Waals surface area contributed by atoms with E-state index in [0.29, 0.717) is 0 Å². The number of nitrogens with one attached hydrogen (secondary N) is 1. The van der Waals surface area contributed by atoms with E-state index in [9.17, 15) is 0 Å². The second-order valence-electron chi connectivity index (χ2n) is 4.48. The van der Waals surface area contributed by atoms with Gasteiger partial charge in [0.25, 0.3) is 0 Å². The van der Waals surface area contributed by atoms with Crippen molar-refractivity contribution in [3.63, 3.8) is 0 Å². The summed E-state index contributed by atoms with van der Waals surface area (Å²) in [6.07, 6.45) is 1.93. The lowest BCUT2D eigenvalue weighted by Gasteiger charge is -2.14. The van der Waals surface area contributed by atoms with Crippen LogP contribution in [0.25, 0.3) is 0 Å². The number of nitrogens with two attached hydrogens (primary N) is 1. The van der Waals surface area contributed by atoms with Crippen LogP contribution in [0.5, 0.6) is 0 Å². The van der Waals surface area contributed by atoms with Crippen LogP contribution >= 0.6 is 11.3 Å². The first-order valence-corrected chi connectivity index (χ1v) is 7.00. The van der Waals surface area contributed by atoms with Gasteiger partial charge in [0.15, 0.2) is 0 Å². The third-order valence-electron chi connectivity index (χ3n) is 3.09. The molecule has 18 heavy (non-hydrogen) atoms. The van der Waals surface area contributed by atoms with Crippen molar-refractivity contribution in [2.24, 2.45) is 12.9 Å². The van der Waals surface area contributed by atoms with Crippen LogP contribution in [0.15, 0.2) is 18.2 Å². The molecule has 0 aliphatic carbocycles. The fourth-order valence-electron chi connectivity index (χ4n) is 2.08. The van der Waals surface area contributed by atoms with Crippen LogP contribution in [0.2, 0.25) is 0 Å². The van der Waals surface area contributed by atoms with Crippen LogP contribution in [-0.2, 0) is 19.9 Å². The Balaban J connectivity index is 2.16. The fourth-order valence-corrected chi connectivity index (χ4v) is 3.09. The van der Waals surface area contributed by atoms with Gasteiger partial charge in [-0.3, -0.25) is 16.0 Å². The highest BCUT2D eigenvalue weighted by molar-refractivity contribution is 7.12. The average Bonchev–Trinajstić information content (AvgIpc) is 2.93. The van der Waals surface area contributed by atoms with E-state index in [1.807, 2.05) is 30.0 Å². The fraction of sp³-hybridized carbons (Fsp3) is 0.462. The van der Waals surface area contributed by atoms with E-state index in [0.717, 1.165) is 18.5 Å². The highest BCUT2D eigenvalue weighted by Crippen LogP contribution is 2.26. The first kappa shape index (κ1) is 13.3. The molecule has 0 aliphatic rings. The third-order valence-corrected chi connectivity index (χ3v) is 4.43. The lowest BCUT2D eigenvalue weighted by Crippen LogP contribution is -2.29. The Morgan fingerprint density at radius 1 is 1.50 bits per heavy atom. The molecule has 2 heterocycles. The Morgan fingerprint density at radius 2 is 2.28 bits per heavy atom. The zero-order valence-corrected chi connectivity index (χ0v) is 11.9. The van der Waals surface area contributed by atoms with Gasteiger partial charge in [-0.05, 0) is 31.5 Å². The largest absolute Gasteiger partial charge is 0.272 e. The standard InChI is InChI=1S/C13H20N4S/c1-4-11-5-6-13(18-11)12(15-14)8-10-7-9(2)16-17(10)3/h5-7,12,15H,4,8,14H2,1-3H3. The Morgan fingerprint density at radius 3 is 2.78 bits per heavy atom. The number of aromatic nitrogens is 2. The van der Waals surface area contributed by atoms with Gasteiger partial charge in [0.2, 0.25) is 0 Å². The monoisotopic (exact) mass is 264 g/mol. The van der Waals surface area contributed by atoms with Crippen molar-refractivity contribution < 1.29 is 0 Å². The highest BCUT2D eigenvalue weighted by atomic mass is 32.1. The Bertz CT molecular complexity index is 515. The van der Waals surface area contributed by atoms with Crippen LogP contribution in [-0.4, -0.2) is 9.78 Å². The lowest BCUT2D eigenvalue weighted by molar-refractivity contribution is 0.537. The highest BCUT2D eigenvalue weighted by Gasteiger charge is 2.15. The van der Waals surface area contributed by atoms with Gasteiger partial charge >= 0.3 is 0 Å². The minimum absolute atomic E-state index is 0.157. The summed E-state index contributed by atoms with van der Waals surface area (Å²) >= 11 is 1.83. The van der Waals surface area contributed by atoms with Crippen LogP contribution < -0.4 is 11.3 Å². The van der Waals surface area contributed by atoms with Crippen LogP contribution in [0.4, 0.5) is 0 Å². The molecule has 2 rings (SSSR count). The topological polar surface area (TPSA) is 55.9 Å². The maximum atomic E-state index is 5.69. The van der Waals surface area contributed by atoms with E-state index in [4.69, 9.17) is 5.84 Å². The van der Waals surface area contributed by atoms with Gasteiger partial charge in [0.05, 0.1) is 11.7 Å². The molecule has 3 N–H and O–H groups in total. The van der Waals surface area contributed by atoms with Crippen LogP contribution in [0.1, 0.15) is 34.1 Å². The van der Waals surface area contributed by atoms with Gasteiger partial charge < -0.3 is 0 Å². The van der Waals surface area contributed by atoms with Crippen molar-refractivity contribution in [2.45, 2.75) is 32.7 Å². The molecule has 1 atom stereocenters. The molecule has 1 unspecified atom stereocenters. The van der Waals surface area contributed by atoms with Gasteiger partial charge in [0, 0.05) is 28.9 Å². The molecule has 0 saturated heterocycles. The predicted octanol–water partition coefficient (Wildman–Crippen LogP) is 2.10. The molecular formula is C13H20N4S. The summed E-state index contributed by atoms with van der Waals surface area (Å²) in [6.45, 7) is 4.18. The third kappa shape index (κ3) is 2.80. The van der Waals surface area contributed by atoms with Gasteiger partial charge in [-0.2, -0.15) is 5.10 Å². The summed E-state index contributed by atoms with van der Waals surface area (Å²) in [7, 11) is 1.97. The second-order valence-corrected chi connectivity index (χ2v) is 5.68. The molecule has 0 radical (unpaired) electrons. The van der Waals surface area contributed by atoms with E-state index in [1.165, 1.54) is 15.4 Å². The number of hydrogen-bond donors (Lipinski definition) is 2. The minimum atomic E-state index is 0.157. The zero-order chi connectivity index (χ0) is 13.1. The number of thiophene rings is 1. The Labute approximate surface area is 112 Å². The molecule has 2 aromatic heterocycles. The summed E-state index contributed by atoms with van der Waals surface area (Å²) in [4.78, 5) is 2.68. The second kappa shape index (κ2) is 5.65. The zero-order valence-electron chi connectivity index (χ0n) is 11.1. The average molecular weight is 264 g/mol. The van der Waals surface area contributed by atoms with Gasteiger partial charge in [-0.15, -0.1) is 11.3 Å². The maximum Gasteiger partial charge on any atom is 0.0608 e. The Hall–Kier alpha value is -1.17. The molecule has 0 amide bonds. The van der Waals surface area contributed by atoms with Gasteiger partial charge in [-0.25, -0.2) is 0 Å². The summed E-state index contributed by atoms with van der Waals surface area (Å²) in [5, 5.41) is 4.36. The van der Waals surface area contributed by atoms with Crippen molar-refractivity contribution >= 4 is 11.3 Å². The van der Waals surface area contributed by atoms with Gasteiger partial charge in [-0.1, -0.05) is 6.92 Å². The lowest BCUT2D eigenvalue weighted by atomic mass is 10.1. The number of rotatable bonds is 5. The molecule has 0 fully saturated rings. The Kier molecular flexibility index (Phi) is 4.16. The summed E-state index contributed by atoms with van der Waals surface area (Å²) in [6, 6.07) is 6.61. The predicted molar refractivity (Wildman–Crippen MR) is 75.4 cm³/mol. The van der Waals surface area contributed by atoms with E-state index in [1.54, 1.807) is 0 Å². The smallest absolute Gasteiger partial charge is 0.0608 e. The summed E-state index contributed by atoms with van der Waals surface area (Å²) in [5.41, 5.74) is 5.15. The molecule has 0 aromatic carbocycles. The molecule has 0 saturated carbocycles. The normalized spacial score (nSPS) is 12.9. The van der Waals surface area contributed by atoms with E-state index >= 15 is 0 Å². The summed E-state index contributed by atoms with van der Waals surface area (Å²) < 4.78 is 1.92. The van der Waals surface area contributed by atoms with Crippen molar-refractivity contribution in [3.05, 3.63) is 39.3 Å². The van der Waals surface area contributed by atoms with Crippen LogP contribution in [0, 0.1) is 6.92 Å². The molecule has 5 heteroatoms. The van der Waals surface area contributed by atoms with Crippen LogP contribution in [0.3, 0.4) is 0 Å².